The van der Waals surface area contributed by atoms with Crippen LogP contribution in [0.3, 0.4) is 0 Å². The Kier molecular flexibility index (Phi) is 7.02. The molecule has 6 nitrogen and oxygen atoms in total. The first-order chi connectivity index (χ1) is 10.3. The van der Waals surface area contributed by atoms with Crippen molar-refractivity contribution in [3.8, 4) is 0 Å². The lowest BCUT2D eigenvalue weighted by Crippen LogP contribution is -2.16. The van der Waals surface area contributed by atoms with Gasteiger partial charge in [-0.25, -0.2) is 4.79 Å². The van der Waals surface area contributed by atoms with Crippen LogP contribution in [0.5, 0.6) is 0 Å². The van der Waals surface area contributed by atoms with E-state index in [2.05, 4.69) is 6.58 Å². The van der Waals surface area contributed by atoms with Crippen LogP contribution in [0.15, 0.2) is 42.5 Å². The van der Waals surface area contributed by atoms with Crippen molar-refractivity contribution in [3.63, 3.8) is 0 Å². The number of carboxylic acids is 1. The van der Waals surface area contributed by atoms with Gasteiger partial charge in [0, 0.05) is 17.0 Å². The average Bonchev–Trinajstić information content (AvgIpc) is 2.50. The molecule has 1 aromatic rings. The fraction of sp³-hybridized carbons (Fsp3) is 0.333. The molecule has 0 amide bonds. The summed E-state index contributed by atoms with van der Waals surface area (Å²) in [5.41, 5.74) is 0.261. The van der Waals surface area contributed by atoms with Gasteiger partial charge in [-0.1, -0.05) is 24.8 Å². The first-order valence-electron chi connectivity index (χ1n) is 6.69. The Hall–Kier alpha value is -1.91. The molecule has 0 saturated carbocycles. The summed E-state index contributed by atoms with van der Waals surface area (Å²) in [6, 6.07) is 8.42. The van der Waals surface area contributed by atoms with Crippen LogP contribution in [-0.2, 0) is 23.4 Å². The first kappa shape index (κ1) is 18.1. The zero-order valence-corrected chi connectivity index (χ0v) is 13.3. The molecule has 1 N–H and O–H groups in total. The summed E-state index contributed by atoms with van der Waals surface area (Å²) >= 11 is 0. The number of rotatable bonds is 9. The zero-order valence-electron chi connectivity index (χ0n) is 12.4. The van der Waals surface area contributed by atoms with Gasteiger partial charge in [-0.2, -0.15) is 0 Å². The third-order valence-corrected chi connectivity index (χ3v) is 5.23. The van der Waals surface area contributed by atoms with E-state index in [0.29, 0.717) is 5.30 Å². The van der Waals surface area contributed by atoms with Crippen molar-refractivity contribution in [1.82, 2.24) is 0 Å². The molecule has 0 bridgehead atoms. The fourth-order valence-electron chi connectivity index (χ4n) is 1.61. The van der Waals surface area contributed by atoms with Crippen molar-refractivity contribution in [3.05, 3.63) is 42.5 Å². The second kappa shape index (κ2) is 8.51. The van der Waals surface area contributed by atoms with Gasteiger partial charge < -0.3 is 14.4 Å². The predicted octanol–water partition coefficient (Wildman–Crippen LogP) is 2.20. The quantitative estimate of drug-likeness (QED) is 0.324. The number of hydrogen-bond acceptors (Lipinski definition) is 5. The largest absolute Gasteiger partial charge is 0.481 e. The van der Waals surface area contributed by atoms with Gasteiger partial charge in [-0.15, -0.1) is 0 Å². The molecular weight excluding hydrogens is 307 g/mol. The summed E-state index contributed by atoms with van der Waals surface area (Å²) < 4.78 is 23.1. The highest BCUT2D eigenvalue weighted by Crippen LogP contribution is 2.46. The SMILES string of the molecule is C=C(C)C(=O)OCCOP(=O)(CCC(=O)O)c1ccccc1. The van der Waals surface area contributed by atoms with E-state index >= 15 is 0 Å². The lowest BCUT2D eigenvalue weighted by atomic mass is 10.4. The maximum absolute atomic E-state index is 12.9. The van der Waals surface area contributed by atoms with E-state index in [1.54, 1.807) is 30.3 Å². The fourth-order valence-corrected chi connectivity index (χ4v) is 3.63. The molecule has 0 saturated heterocycles. The minimum absolute atomic E-state index is 0.0738. The lowest BCUT2D eigenvalue weighted by Gasteiger charge is -2.18. The van der Waals surface area contributed by atoms with Gasteiger partial charge in [0.1, 0.15) is 6.61 Å². The minimum Gasteiger partial charge on any atom is -0.481 e. The van der Waals surface area contributed by atoms with Crippen molar-refractivity contribution in [2.24, 2.45) is 0 Å². The summed E-state index contributed by atoms with van der Waals surface area (Å²) in [7, 11) is -3.30. The highest BCUT2D eigenvalue weighted by Gasteiger charge is 2.26. The number of carbonyl (C=O) groups excluding carboxylic acids is 1. The standard InChI is InChI=1S/C15H19O6P/c1-12(2)15(18)20-9-10-21-22(19,11-8-14(16)17)13-6-4-3-5-7-13/h3-7H,1,8-11H2,2H3,(H,16,17). The van der Waals surface area contributed by atoms with Crippen LogP contribution >= 0.6 is 7.37 Å². The Bertz CT molecular complexity index is 581. The molecule has 0 aliphatic carbocycles. The highest BCUT2D eigenvalue weighted by atomic mass is 31.2. The van der Waals surface area contributed by atoms with Crippen molar-refractivity contribution < 1.29 is 28.5 Å². The highest BCUT2D eigenvalue weighted by molar-refractivity contribution is 7.67. The van der Waals surface area contributed by atoms with Gasteiger partial charge in [0.15, 0.2) is 0 Å². The first-order valence-corrected chi connectivity index (χ1v) is 8.50. The van der Waals surface area contributed by atoms with Crippen LogP contribution in [0.2, 0.25) is 0 Å². The Morgan fingerprint density at radius 3 is 2.41 bits per heavy atom. The zero-order chi connectivity index (χ0) is 16.6. The number of ether oxygens (including phenoxy) is 1. The van der Waals surface area contributed by atoms with Crippen LogP contribution in [0.1, 0.15) is 13.3 Å². The molecule has 1 atom stereocenters. The summed E-state index contributed by atoms with van der Waals surface area (Å²) in [5.74, 6) is -1.60. The molecule has 0 aromatic heterocycles. The molecule has 1 aromatic carbocycles. The van der Waals surface area contributed by atoms with Crippen LogP contribution in [-0.4, -0.2) is 36.4 Å². The maximum atomic E-state index is 12.9. The number of esters is 1. The van der Waals surface area contributed by atoms with Gasteiger partial charge in [-0.3, -0.25) is 9.36 Å². The Morgan fingerprint density at radius 2 is 1.86 bits per heavy atom. The molecule has 1 unspecified atom stereocenters. The lowest BCUT2D eigenvalue weighted by molar-refractivity contribution is -0.139. The average molecular weight is 326 g/mol. The molecule has 0 fully saturated rings. The normalized spacial score (nSPS) is 13.1. The third kappa shape index (κ3) is 5.84. The van der Waals surface area contributed by atoms with Gasteiger partial charge >= 0.3 is 11.9 Å². The summed E-state index contributed by atoms with van der Waals surface area (Å²) in [5, 5.41) is 9.22. The monoisotopic (exact) mass is 326 g/mol. The molecule has 0 aliphatic rings. The third-order valence-electron chi connectivity index (χ3n) is 2.73. The predicted molar refractivity (Wildman–Crippen MR) is 82.5 cm³/mol. The Morgan fingerprint density at radius 1 is 1.23 bits per heavy atom. The van der Waals surface area contributed by atoms with Crippen molar-refractivity contribution in [1.29, 1.82) is 0 Å². The number of carboxylic acid groups (broad SMARTS) is 1. The van der Waals surface area contributed by atoms with Gasteiger partial charge in [0.05, 0.1) is 13.0 Å². The Balaban J connectivity index is 2.67. The summed E-state index contributed by atoms with van der Waals surface area (Å²) in [4.78, 5) is 21.9. The molecule has 0 aliphatic heterocycles. The molecule has 1 rings (SSSR count). The second-order valence-corrected chi connectivity index (χ2v) is 7.19. The summed E-state index contributed by atoms with van der Waals surface area (Å²) in [6.45, 7) is 4.81. The van der Waals surface area contributed by atoms with Crippen LogP contribution in [0.4, 0.5) is 0 Å². The van der Waals surface area contributed by atoms with E-state index in [1.807, 2.05) is 0 Å². The number of hydrogen-bond donors (Lipinski definition) is 1. The number of aliphatic carboxylic acids is 1. The topological polar surface area (TPSA) is 89.9 Å². The van der Waals surface area contributed by atoms with Crippen molar-refractivity contribution in [2.75, 3.05) is 19.4 Å². The van der Waals surface area contributed by atoms with E-state index < -0.39 is 19.3 Å². The van der Waals surface area contributed by atoms with Gasteiger partial charge in [0.25, 0.3) is 0 Å². The number of carbonyl (C=O) groups is 2. The second-order valence-electron chi connectivity index (χ2n) is 4.63. The molecule has 0 heterocycles. The van der Waals surface area contributed by atoms with E-state index in [9.17, 15) is 14.2 Å². The van der Waals surface area contributed by atoms with Crippen LogP contribution in [0, 0.1) is 0 Å². The minimum atomic E-state index is -3.30. The molecule has 0 spiro atoms. The van der Waals surface area contributed by atoms with Gasteiger partial charge in [0.2, 0.25) is 7.37 Å². The molecule has 7 heteroatoms. The van der Waals surface area contributed by atoms with Crippen LogP contribution in [0.25, 0.3) is 0 Å². The molecule has 0 radical (unpaired) electrons. The summed E-state index contributed by atoms with van der Waals surface area (Å²) in [6.07, 6.45) is -0.376. The molecule has 120 valence electrons. The molecule has 22 heavy (non-hydrogen) atoms. The number of benzene rings is 1. The van der Waals surface area contributed by atoms with Crippen molar-refractivity contribution in [2.45, 2.75) is 13.3 Å². The van der Waals surface area contributed by atoms with Crippen molar-refractivity contribution >= 4 is 24.6 Å². The molecular formula is C15H19O6P. The van der Waals surface area contributed by atoms with E-state index in [0.717, 1.165) is 0 Å². The van der Waals surface area contributed by atoms with Crippen LogP contribution < -0.4 is 5.30 Å². The van der Waals surface area contributed by atoms with E-state index in [1.165, 1.54) is 6.92 Å². The van der Waals surface area contributed by atoms with E-state index in [4.69, 9.17) is 14.4 Å². The maximum Gasteiger partial charge on any atom is 0.333 e. The smallest absolute Gasteiger partial charge is 0.333 e. The Labute approximate surface area is 129 Å². The van der Waals surface area contributed by atoms with E-state index in [-0.39, 0.29) is 31.4 Å². The van der Waals surface area contributed by atoms with Gasteiger partial charge in [-0.05, 0) is 19.1 Å².